The Kier molecular flexibility index (Phi) is 6.97. The number of nitrogens with one attached hydrogen (secondary N) is 1. The summed E-state index contributed by atoms with van der Waals surface area (Å²) in [6.45, 7) is 0.429. The first-order chi connectivity index (χ1) is 14.2. The number of ether oxygens (including phenoxy) is 2. The summed E-state index contributed by atoms with van der Waals surface area (Å²) in [7, 11) is 1.56. The normalized spacial score (nSPS) is 11.8. The maximum atomic E-state index is 12.0. The summed E-state index contributed by atoms with van der Waals surface area (Å²) in [6.07, 6.45) is 0.190. The van der Waals surface area contributed by atoms with Crippen LogP contribution in [0.1, 0.15) is 22.8 Å². The lowest BCUT2D eigenvalue weighted by atomic mass is 10.1. The maximum absolute atomic E-state index is 12.0. The first-order valence-electron chi connectivity index (χ1n) is 9.08. The molecule has 0 heterocycles. The number of hydrogen-bond donors (Lipinski definition) is 2. The second-order valence-electron chi connectivity index (χ2n) is 6.23. The van der Waals surface area contributed by atoms with Crippen molar-refractivity contribution in [3.63, 3.8) is 0 Å². The van der Waals surface area contributed by atoms with Crippen molar-refractivity contribution in [1.29, 1.82) is 0 Å². The van der Waals surface area contributed by atoms with Gasteiger partial charge >= 0.3 is 0 Å². The highest BCUT2D eigenvalue weighted by Gasteiger charge is 2.16. The number of hydrogen-bond acceptors (Lipinski definition) is 5. The number of carbonyl (C=O) groups is 1. The lowest BCUT2D eigenvalue weighted by molar-refractivity contribution is -0.129. The van der Waals surface area contributed by atoms with E-state index in [4.69, 9.17) is 9.47 Å². The van der Waals surface area contributed by atoms with Gasteiger partial charge in [-0.2, -0.15) is 5.10 Å². The fourth-order valence-electron chi connectivity index (χ4n) is 2.64. The predicted molar refractivity (Wildman–Crippen MR) is 111 cm³/mol. The molecule has 1 atom stereocenters. The molecule has 1 amide bonds. The van der Waals surface area contributed by atoms with Crippen LogP contribution in [0.15, 0.2) is 84.0 Å². The number of rotatable bonds is 8. The molecular formula is C23H22N2O4. The number of benzene rings is 3. The summed E-state index contributed by atoms with van der Waals surface area (Å²) in [5.41, 5.74) is 4.61. The van der Waals surface area contributed by atoms with Crippen LogP contribution in [-0.4, -0.2) is 24.3 Å². The minimum Gasteiger partial charge on any atom is -0.493 e. The molecule has 0 saturated carbocycles. The number of nitrogens with zero attached hydrogens (tertiary/aromatic N) is 1. The lowest BCUT2D eigenvalue weighted by Gasteiger charge is -2.11. The summed E-state index contributed by atoms with van der Waals surface area (Å²) < 4.78 is 11.2. The van der Waals surface area contributed by atoms with Crippen LogP contribution < -0.4 is 14.9 Å². The molecule has 3 aromatic rings. The Morgan fingerprint density at radius 3 is 2.41 bits per heavy atom. The van der Waals surface area contributed by atoms with Crippen LogP contribution in [0, 0.1) is 0 Å². The van der Waals surface area contributed by atoms with Gasteiger partial charge in [-0.1, -0.05) is 60.7 Å². The summed E-state index contributed by atoms with van der Waals surface area (Å²) in [5.74, 6) is 0.555. The highest BCUT2D eigenvalue weighted by Crippen LogP contribution is 2.28. The Morgan fingerprint density at radius 1 is 1.03 bits per heavy atom. The van der Waals surface area contributed by atoms with E-state index in [0.29, 0.717) is 29.2 Å². The Balaban J connectivity index is 1.60. The van der Waals surface area contributed by atoms with Gasteiger partial charge in [-0.25, -0.2) is 5.43 Å². The number of amides is 1. The number of hydrazone groups is 1. The van der Waals surface area contributed by atoms with Gasteiger partial charge in [0, 0.05) is 0 Å². The third-order valence-electron chi connectivity index (χ3n) is 4.18. The van der Waals surface area contributed by atoms with Gasteiger partial charge < -0.3 is 14.6 Å². The minimum absolute atomic E-state index is 0.429. The first-order valence-corrected chi connectivity index (χ1v) is 9.08. The summed E-state index contributed by atoms with van der Waals surface area (Å²) >= 11 is 0. The fraction of sp³-hybridized carbons (Fsp3) is 0.130. The number of methoxy groups -OCH3 is 1. The van der Waals surface area contributed by atoms with Gasteiger partial charge in [-0.15, -0.1) is 0 Å². The van der Waals surface area contributed by atoms with Crippen molar-refractivity contribution in [3.05, 3.63) is 95.6 Å². The van der Waals surface area contributed by atoms with Gasteiger partial charge in [0.15, 0.2) is 17.6 Å². The predicted octanol–water partition coefficient (Wildman–Crippen LogP) is 3.46. The van der Waals surface area contributed by atoms with Gasteiger partial charge in [-0.05, 0) is 34.9 Å². The van der Waals surface area contributed by atoms with Crippen LogP contribution in [0.2, 0.25) is 0 Å². The molecule has 0 bridgehead atoms. The topological polar surface area (TPSA) is 80.2 Å². The fourth-order valence-corrected chi connectivity index (χ4v) is 2.64. The quantitative estimate of drug-likeness (QED) is 0.456. The van der Waals surface area contributed by atoms with E-state index in [-0.39, 0.29) is 0 Å². The van der Waals surface area contributed by atoms with Gasteiger partial charge in [0.25, 0.3) is 5.91 Å². The molecule has 0 radical (unpaired) electrons. The van der Waals surface area contributed by atoms with Crippen LogP contribution >= 0.6 is 0 Å². The third-order valence-corrected chi connectivity index (χ3v) is 4.18. The Morgan fingerprint density at radius 2 is 1.72 bits per heavy atom. The monoisotopic (exact) mass is 390 g/mol. The molecule has 6 nitrogen and oxygen atoms in total. The van der Waals surface area contributed by atoms with Crippen molar-refractivity contribution < 1.29 is 19.4 Å². The van der Waals surface area contributed by atoms with Crippen molar-refractivity contribution in [2.45, 2.75) is 12.7 Å². The lowest BCUT2D eigenvalue weighted by Crippen LogP contribution is -2.25. The average Bonchev–Trinajstić information content (AvgIpc) is 2.78. The molecule has 6 heteroatoms. The molecule has 0 aliphatic carbocycles. The zero-order chi connectivity index (χ0) is 20.5. The molecule has 0 aliphatic heterocycles. The Hall–Kier alpha value is -3.64. The van der Waals surface area contributed by atoms with Crippen LogP contribution in [-0.2, 0) is 11.4 Å². The summed E-state index contributed by atoms with van der Waals surface area (Å²) in [4.78, 5) is 12.0. The molecule has 3 rings (SSSR count). The van der Waals surface area contributed by atoms with E-state index in [1.165, 1.54) is 6.21 Å². The molecule has 0 fully saturated rings. The molecule has 3 aromatic carbocycles. The van der Waals surface area contributed by atoms with Gasteiger partial charge in [-0.3, -0.25) is 4.79 Å². The minimum atomic E-state index is -1.28. The molecule has 2 N–H and O–H groups in total. The smallest absolute Gasteiger partial charge is 0.273 e. The molecule has 0 aliphatic rings. The molecule has 148 valence electrons. The highest BCUT2D eigenvalue weighted by atomic mass is 16.5. The highest BCUT2D eigenvalue weighted by molar-refractivity contribution is 5.85. The van der Waals surface area contributed by atoms with Crippen LogP contribution in [0.25, 0.3) is 0 Å². The van der Waals surface area contributed by atoms with Crippen molar-refractivity contribution in [2.75, 3.05) is 7.11 Å². The second-order valence-corrected chi connectivity index (χ2v) is 6.23. The van der Waals surface area contributed by atoms with Crippen LogP contribution in [0.5, 0.6) is 11.5 Å². The van der Waals surface area contributed by atoms with Crippen molar-refractivity contribution >= 4 is 12.1 Å². The van der Waals surface area contributed by atoms with Crippen LogP contribution in [0.3, 0.4) is 0 Å². The number of aliphatic hydroxyl groups is 1. The average molecular weight is 390 g/mol. The summed E-state index contributed by atoms with van der Waals surface area (Å²) in [6, 6.07) is 23.8. The van der Waals surface area contributed by atoms with Crippen molar-refractivity contribution in [1.82, 2.24) is 5.43 Å². The van der Waals surface area contributed by atoms with Gasteiger partial charge in [0.1, 0.15) is 6.61 Å². The van der Waals surface area contributed by atoms with Crippen molar-refractivity contribution in [3.8, 4) is 11.5 Å². The maximum Gasteiger partial charge on any atom is 0.273 e. The molecule has 0 spiro atoms. The molecule has 29 heavy (non-hydrogen) atoms. The van der Waals surface area contributed by atoms with Gasteiger partial charge in [0.2, 0.25) is 0 Å². The molecule has 0 aromatic heterocycles. The van der Waals surface area contributed by atoms with E-state index in [0.717, 1.165) is 5.56 Å². The molecule has 0 unspecified atom stereocenters. The molecule has 0 saturated heterocycles. The number of carbonyl (C=O) groups excluding carboxylic acids is 1. The van der Waals surface area contributed by atoms with Gasteiger partial charge in [0.05, 0.1) is 13.3 Å². The van der Waals surface area contributed by atoms with E-state index in [9.17, 15) is 9.90 Å². The van der Waals surface area contributed by atoms with E-state index in [2.05, 4.69) is 10.5 Å². The SMILES string of the molecule is COc1cc(/C=N\NC(=O)[C@@H](O)c2ccccc2)ccc1OCc1ccccc1. The first kappa shape index (κ1) is 20.1. The zero-order valence-corrected chi connectivity index (χ0v) is 16.0. The van der Waals surface area contributed by atoms with E-state index in [1.807, 2.05) is 36.4 Å². The largest absolute Gasteiger partial charge is 0.493 e. The third kappa shape index (κ3) is 5.67. The zero-order valence-electron chi connectivity index (χ0n) is 16.0. The van der Waals surface area contributed by atoms with E-state index in [1.54, 1.807) is 49.6 Å². The summed E-state index contributed by atoms with van der Waals surface area (Å²) in [5, 5.41) is 13.9. The Bertz CT molecular complexity index is 959. The van der Waals surface area contributed by atoms with E-state index < -0.39 is 12.0 Å². The number of aliphatic hydroxyl groups excluding tert-OH is 1. The second kappa shape index (κ2) is 10.1. The van der Waals surface area contributed by atoms with Crippen molar-refractivity contribution in [2.24, 2.45) is 5.10 Å². The Labute approximate surface area is 169 Å². The molecular weight excluding hydrogens is 368 g/mol. The van der Waals surface area contributed by atoms with Crippen LogP contribution in [0.4, 0.5) is 0 Å². The van der Waals surface area contributed by atoms with E-state index >= 15 is 0 Å². The standard InChI is InChI=1S/C23H22N2O4/c1-28-21-14-18(12-13-20(21)29-16-17-8-4-2-5-9-17)15-24-25-23(27)22(26)19-10-6-3-7-11-19/h2-15,22,26H,16H2,1H3,(H,25,27)/b24-15-/t22-/m0/s1.